The first kappa shape index (κ1) is 17.1. The minimum atomic E-state index is -0.754. The third kappa shape index (κ3) is 3.83. The number of nitrogens with zero attached hydrogens (tertiary/aromatic N) is 2. The molecule has 0 aromatic heterocycles. The molecule has 0 atom stereocenters. The average Bonchev–Trinajstić information content (AvgIpc) is 3.02. The van der Waals surface area contributed by atoms with Crippen molar-refractivity contribution in [1.29, 1.82) is 0 Å². The highest BCUT2D eigenvalue weighted by Gasteiger charge is 2.35. The standard InChI is InChI=1S/C19H28N2O3/c1-2-24-17-8-4-3-7-16(17)20-11-13-21(14-12-20)18(22)15-19(23)9-5-6-10-19/h3-4,7-8,23H,2,5-6,9-15H2,1H3. The third-order valence-corrected chi connectivity index (χ3v) is 5.15. The van der Waals surface area contributed by atoms with Gasteiger partial charge >= 0.3 is 0 Å². The lowest BCUT2D eigenvalue weighted by atomic mass is 9.97. The van der Waals surface area contributed by atoms with Gasteiger partial charge in [-0.2, -0.15) is 0 Å². The smallest absolute Gasteiger partial charge is 0.225 e. The average molecular weight is 332 g/mol. The minimum absolute atomic E-state index is 0.0946. The number of anilines is 1. The molecule has 1 aromatic rings. The van der Waals surface area contributed by atoms with Crippen molar-refractivity contribution in [3.05, 3.63) is 24.3 Å². The summed E-state index contributed by atoms with van der Waals surface area (Å²) in [6.07, 6.45) is 3.88. The van der Waals surface area contributed by atoms with Crippen LogP contribution in [0.5, 0.6) is 5.75 Å². The monoisotopic (exact) mass is 332 g/mol. The van der Waals surface area contributed by atoms with Gasteiger partial charge in [0, 0.05) is 26.2 Å². The van der Waals surface area contributed by atoms with Gasteiger partial charge in [0.05, 0.1) is 24.3 Å². The van der Waals surface area contributed by atoms with Crippen molar-refractivity contribution in [2.24, 2.45) is 0 Å². The Morgan fingerprint density at radius 2 is 1.83 bits per heavy atom. The van der Waals surface area contributed by atoms with Crippen LogP contribution in [0.2, 0.25) is 0 Å². The van der Waals surface area contributed by atoms with Crippen molar-refractivity contribution < 1.29 is 14.6 Å². The first-order valence-corrected chi connectivity index (χ1v) is 9.08. The summed E-state index contributed by atoms with van der Waals surface area (Å²) in [6.45, 7) is 5.64. The van der Waals surface area contributed by atoms with Crippen molar-refractivity contribution >= 4 is 11.6 Å². The molecule has 1 amide bonds. The molecule has 1 heterocycles. The number of aliphatic hydroxyl groups is 1. The van der Waals surface area contributed by atoms with Crippen LogP contribution in [0, 0.1) is 0 Å². The number of carbonyl (C=O) groups excluding carboxylic acids is 1. The van der Waals surface area contributed by atoms with E-state index in [4.69, 9.17) is 4.74 Å². The summed E-state index contributed by atoms with van der Waals surface area (Å²) in [6, 6.07) is 8.07. The van der Waals surface area contributed by atoms with E-state index in [1.165, 1.54) is 0 Å². The predicted molar refractivity (Wildman–Crippen MR) is 94.4 cm³/mol. The Morgan fingerprint density at radius 3 is 2.50 bits per heavy atom. The van der Waals surface area contributed by atoms with E-state index in [9.17, 15) is 9.90 Å². The van der Waals surface area contributed by atoms with Gasteiger partial charge in [0.15, 0.2) is 0 Å². The van der Waals surface area contributed by atoms with Gasteiger partial charge in [0.2, 0.25) is 5.91 Å². The van der Waals surface area contributed by atoms with Crippen LogP contribution in [0.25, 0.3) is 0 Å². The summed E-state index contributed by atoms with van der Waals surface area (Å²) in [5.41, 5.74) is 0.344. The number of rotatable bonds is 5. The second-order valence-electron chi connectivity index (χ2n) is 6.88. The van der Waals surface area contributed by atoms with Gasteiger partial charge in [-0.3, -0.25) is 4.79 Å². The van der Waals surface area contributed by atoms with Crippen LogP contribution in [-0.2, 0) is 4.79 Å². The maximum absolute atomic E-state index is 12.5. The molecule has 24 heavy (non-hydrogen) atoms. The van der Waals surface area contributed by atoms with Crippen molar-refractivity contribution in [1.82, 2.24) is 4.90 Å². The molecule has 1 aliphatic carbocycles. The molecule has 1 saturated heterocycles. The summed E-state index contributed by atoms with van der Waals surface area (Å²) in [5, 5.41) is 10.4. The Bertz CT molecular complexity index is 561. The Hall–Kier alpha value is -1.75. The van der Waals surface area contributed by atoms with E-state index in [1.54, 1.807) is 0 Å². The maximum Gasteiger partial charge on any atom is 0.225 e. The molecule has 3 rings (SSSR count). The van der Waals surface area contributed by atoms with E-state index < -0.39 is 5.60 Å². The molecule has 0 radical (unpaired) electrons. The van der Waals surface area contributed by atoms with Gasteiger partial charge in [-0.25, -0.2) is 0 Å². The summed E-state index contributed by atoms with van der Waals surface area (Å²) in [4.78, 5) is 16.7. The summed E-state index contributed by atoms with van der Waals surface area (Å²) in [5.74, 6) is 0.997. The number of ether oxygens (including phenoxy) is 1. The van der Waals surface area contributed by atoms with E-state index in [0.717, 1.165) is 50.2 Å². The zero-order valence-corrected chi connectivity index (χ0v) is 14.5. The quantitative estimate of drug-likeness (QED) is 0.900. The summed E-state index contributed by atoms with van der Waals surface area (Å²) in [7, 11) is 0. The van der Waals surface area contributed by atoms with Crippen molar-refractivity contribution in [2.75, 3.05) is 37.7 Å². The van der Waals surface area contributed by atoms with Crippen LogP contribution in [0.1, 0.15) is 39.0 Å². The molecule has 132 valence electrons. The number of carbonyl (C=O) groups is 1. The molecule has 1 saturated carbocycles. The van der Waals surface area contributed by atoms with Crippen LogP contribution >= 0.6 is 0 Å². The highest BCUT2D eigenvalue weighted by molar-refractivity contribution is 5.77. The van der Waals surface area contributed by atoms with Crippen LogP contribution < -0.4 is 9.64 Å². The predicted octanol–water partition coefficient (Wildman–Crippen LogP) is 2.43. The Kier molecular flexibility index (Phi) is 5.29. The number of hydrogen-bond donors (Lipinski definition) is 1. The van der Waals surface area contributed by atoms with E-state index in [0.29, 0.717) is 19.7 Å². The lowest BCUT2D eigenvalue weighted by Crippen LogP contribution is -2.50. The van der Waals surface area contributed by atoms with Gasteiger partial charge < -0.3 is 19.6 Å². The summed E-state index contributed by atoms with van der Waals surface area (Å²) >= 11 is 0. The molecule has 5 nitrogen and oxygen atoms in total. The van der Waals surface area contributed by atoms with Crippen LogP contribution in [-0.4, -0.2) is 54.3 Å². The van der Waals surface area contributed by atoms with Crippen molar-refractivity contribution in [3.63, 3.8) is 0 Å². The van der Waals surface area contributed by atoms with Gasteiger partial charge in [-0.15, -0.1) is 0 Å². The molecule has 1 N–H and O–H groups in total. The Labute approximate surface area is 144 Å². The first-order chi connectivity index (χ1) is 11.6. The largest absolute Gasteiger partial charge is 0.492 e. The molecular weight excluding hydrogens is 304 g/mol. The normalized spacial score (nSPS) is 20.2. The molecule has 2 aliphatic rings. The fourth-order valence-corrected chi connectivity index (χ4v) is 3.80. The number of para-hydroxylation sites is 2. The third-order valence-electron chi connectivity index (χ3n) is 5.15. The van der Waals surface area contributed by atoms with Crippen LogP contribution in [0.3, 0.4) is 0 Å². The fourth-order valence-electron chi connectivity index (χ4n) is 3.80. The maximum atomic E-state index is 12.5. The van der Waals surface area contributed by atoms with Gasteiger partial charge in [-0.1, -0.05) is 25.0 Å². The molecule has 0 bridgehead atoms. The zero-order chi connectivity index (χ0) is 17.0. The van der Waals surface area contributed by atoms with Crippen LogP contribution in [0.4, 0.5) is 5.69 Å². The molecule has 0 unspecified atom stereocenters. The molecule has 1 aliphatic heterocycles. The van der Waals surface area contributed by atoms with E-state index in [2.05, 4.69) is 11.0 Å². The van der Waals surface area contributed by atoms with Crippen molar-refractivity contribution in [3.8, 4) is 5.75 Å². The number of hydrogen-bond acceptors (Lipinski definition) is 4. The Morgan fingerprint density at radius 1 is 1.17 bits per heavy atom. The molecule has 1 aromatic carbocycles. The highest BCUT2D eigenvalue weighted by Crippen LogP contribution is 2.33. The number of piperazine rings is 1. The molecule has 2 fully saturated rings. The SMILES string of the molecule is CCOc1ccccc1N1CCN(C(=O)CC2(O)CCCC2)CC1. The second-order valence-corrected chi connectivity index (χ2v) is 6.88. The fraction of sp³-hybridized carbons (Fsp3) is 0.632. The summed E-state index contributed by atoms with van der Waals surface area (Å²) < 4.78 is 5.71. The Balaban J connectivity index is 1.57. The van der Waals surface area contributed by atoms with Gasteiger partial charge in [0.25, 0.3) is 0 Å². The molecule has 5 heteroatoms. The van der Waals surface area contributed by atoms with E-state index in [-0.39, 0.29) is 12.3 Å². The lowest BCUT2D eigenvalue weighted by Gasteiger charge is -2.37. The van der Waals surface area contributed by atoms with Crippen LogP contribution in [0.15, 0.2) is 24.3 Å². The molecule has 0 spiro atoms. The number of amides is 1. The number of benzene rings is 1. The van der Waals surface area contributed by atoms with Gasteiger partial charge in [-0.05, 0) is 31.9 Å². The zero-order valence-electron chi connectivity index (χ0n) is 14.5. The van der Waals surface area contributed by atoms with E-state index in [1.807, 2.05) is 30.0 Å². The topological polar surface area (TPSA) is 53.0 Å². The van der Waals surface area contributed by atoms with Gasteiger partial charge in [0.1, 0.15) is 5.75 Å². The second kappa shape index (κ2) is 7.43. The minimum Gasteiger partial charge on any atom is -0.492 e. The first-order valence-electron chi connectivity index (χ1n) is 9.08. The van der Waals surface area contributed by atoms with E-state index >= 15 is 0 Å². The highest BCUT2D eigenvalue weighted by atomic mass is 16.5. The molecular formula is C19H28N2O3. The van der Waals surface area contributed by atoms with Crippen molar-refractivity contribution in [2.45, 2.75) is 44.6 Å². The lowest BCUT2D eigenvalue weighted by molar-refractivity contribution is -0.136.